The lowest BCUT2D eigenvalue weighted by atomic mass is 10.2. The van der Waals surface area contributed by atoms with Crippen LogP contribution in [0.3, 0.4) is 0 Å². The van der Waals surface area contributed by atoms with Crippen LogP contribution in [0.1, 0.15) is 26.2 Å². The fraction of sp³-hybridized carbons (Fsp3) is 0.750. The quantitative estimate of drug-likeness (QED) is 0.331. The van der Waals surface area contributed by atoms with Gasteiger partial charge >= 0.3 is 0 Å². The zero-order valence-electron chi connectivity index (χ0n) is 6.73. The molecule has 1 atom stereocenters. The molecule has 0 saturated heterocycles. The molecule has 0 aliphatic heterocycles. The molecule has 10 heavy (non-hydrogen) atoms. The third-order valence-corrected chi connectivity index (χ3v) is 1.43. The van der Waals surface area contributed by atoms with Crippen LogP contribution in [0.5, 0.6) is 0 Å². The van der Waals surface area contributed by atoms with Crippen LogP contribution in [0.15, 0.2) is 12.7 Å². The second-order valence-corrected chi connectivity index (χ2v) is 2.49. The van der Waals surface area contributed by atoms with Gasteiger partial charge in [0.2, 0.25) is 0 Å². The lowest BCUT2D eigenvalue weighted by Gasteiger charge is -2.19. The second kappa shape index (κ2) is 6.78. The summed E-state index contributed by atoms with van der Waals surface area (Å²) in [5, 5.41) is 11.2. The van der Waals surface area contributed by atoms with Gasteiger partial charge in [-0.3, -0.25) is 0 Å². The Kier molecular flexibility index (Phi) is 6.55. The smallest absolute Gasteiger partial charge is 0.0952 e. The maximum Gasteiger partial charge on any atom is 0.0952 e. The molecule has 0 aliphatic carbocycles. The summed E-state index contributed by atoms with van der Waals surface area (Å²) in [5.41, 5.74) is 0. The Labute approximate surface area is 63.1 Å². The van der Waals surface area contributed by atoms with Crippen LogP contribution in [-0.2, 0) is 0 Å². The first kappa shape index (κ1) is 9.66. The van der Waals surface area contributed by atoms with Gasteiger partial charge in [0.1, 0.15) is 0 Å². The van der Waals surface area contributed by atoms with Crippen molar-refractivity contribution in [2.24, 2.45) is 0 Å². The van der Waals surface area contributed by atoms with Crippen molar-refractivity contribution in [3.05, 3.63) is 17.9 Å². The average Bonchev–Trinajstić information content (AvgIpc) is 1.89. The molecule has 1 unspecified atom stereocenters. The van der Waals surface area contributed by atoms with Crippen molar-refractivity contribution in [1.29, 1.82) is 0 Å². The monoisotopic (exact) mass is 143 g/mol. The molecule has 60 valence electrons. The third-order valence-electron chi connectivity index (χ3n) is 1.43. The average molecular weight is 143 g/mol. The Hall–Kier alpha value is -0.340. The standard InChI is InChI=1S/C8H17NO/c1-3-5-6-8-9(10)7-4-2/h4,9H,2-3,5-8H2,1H3. The molecule has 0 aromatic heterocycles. The molecule has 0 saturated carbocycles. The number of hydroxylamine groups is 2. The van der Waals surface area contributed by atoms with Gasteiger partial charge in [0, 0.05) is 0 Å². The minimum absolute atomic E-state index is 0.323. The summed E-state index contributed by atoms with van der Waals surface area (Å²) < 4.78 is 0. The van der Waals surface area contributed by atoms with E-state index < -0.39 is 0 Å². The highest BCUT2D eigenvalue weighted by molar-refractivity contribution is 4.62. The van der Waals surface area contributed by atoms with Crippen LogP contribution in [0.25, 0.3) is 0 Å². The summed E-state index contributed by atoms with van der Waals surface area (Å²) in [6.07, 6.45) is 5.07. The van der Waals surface area contributed by atoms with E-state index in [2.05, 4.69) is 13.5 Å². The van der Waals surface area contributed by atoms with E-state index in [4.69, 9.17) is 0 Å². The van der Waals surface area contributed by atoms with E-state index in [9.17, 15) is 5.21 Å². The molecule has 0 aromatic rings. The highest BCUT2D eigenvalue weighted by atomic mass is 16.5. The number of nitrogens with one attached hydrogen (secondary N) is 1. The predicted molar refractivity (Wildman–Crippen MR) is 43.8 cm³/mol. The first-order valence-electron chi connectivity index (χ1n) is 3.93. The summed E-state index contributed by atoms with van der Waals surface area (Å²) in [6, 6.07) is 0. The Morgan fingerprint density at radius 1 is 1.50 bits per heavy atom. The highest BCUT2D eigenvalue weighted by Crippen LogP contribution is 1.88. The minimum atomic E-state index is 0.323. The second-order valence-electron chi connectivity index (χ2n) is 2.49. The molecular weight excluding hydrogens is 126 g/mol. The molecule has 0 amide bonds. The van der Waals surface area contributed by atoms with Gasteiger partial charge in [-0.1, -0.05) is 19.9 Å². The molecule has 1 N–H and O–H groups in total. The van der Waals surface area contributed by atoms with E-state index in [0.29, 0.717) is 11.6 Å². The van der Waals surface area contributed by atoms with E-state index in [-0.39, 0.29) is 0 Å². The van der Waals surface area contributed by atoms with Crippen molar-refractivity contribution in [3.63, 3.8) is 0 Å². The molecule has 0 rings (SSSR count). The van der Waals surface area contributed by atoms with Crippen molar-refractivity contribution < 1.29 is 5.06 Å². The van der Waals surface area contributed by atoms with Crippen LogP contribution in [0, 0.1) is 5.21 Å². The van der Waals surface area contributed by atoms with Crippen molar-refractivity contribution in [2.45, 2.75) is 26.2 Å². The first-order chi connectivity index (χ1) is 4.81. The number of quaternary nitrogens is 1. The van der Waals surface area contributed by atoms with Gasteiger partial charge in [-0.25, -0.2) is 0 Å². The van der Waals surface area contributed by atoms with Gasteiger partial charge in [0.25, 0.3) is 0 Å². The molecule has 0 radical (unpaired) electrons. The Morgan fingerprint density at radius 2 is 2.20 bits per heavy atom. The number of rotatable bonds is 6. The molecule has 0 bridgehead atoms. The van der Waals surface area contributed by atoms with Crippen LogP contribution in [-0.4, -0.2) is 13.1 Å². The fourth-order valence-electron chi connectivity index (χ4n) is 0.835. The Morgan fingerprint density at radius 3 is 2.70 bits per heavy atom. The summed E-state index contributed by atoms with van der Waals surface area (Å²) in [7, 11) is 0. The summed E-state index contributed by atoms with van der Waals surface area (Å²) >= 11 is 0. The molecule has 0 spiro atoms. The Bertz CT molecular complexity index is 83.3. The molecule has 0 aromatic carbocycles. The fourth-order valence-corrected chi connectivity index (χ4v) is 0.835. The van der Waals surface area contributed by atoms with Crippen molar-refractivity contribution >= 4 is 0 Å². The zero-order valence-corrected chi connectivity index (χ0v) is 6.73. The molecular formula is C8H17NO. The summed E-state index contributed by atoms with van der Waals surface area (Å²) in [4.78, 5) is 0. The maximum absolute atomic E-state index is 10.8. The number of hydrogen-bond acceptors (Lipinski definition) is 1. The molecule has 0 heterocycles. The van der Waals surface area contributed by atoms with Crippen LogP contribution in [0.4, 0.5) is 0 Å². The van der Waals surface area contributed by atoms with Crippen LogP contribution < -0.4 is 5.06 Å². The number of unbranched alkanes of at least 4 members (excludes halogenated alkanes) is 2. The SMILES string of the molecule is C=CC[NH+]([O-])CCCCC. The van der Waals surface area contributed by atoms with Gasteiger partial charge < -0.3 is 10.3 Å². The zero-order chi connectivity index (χ0) is 7.82. The third kappa shape index (κ3) is 5.79. The maximum atomic E-state index is 10.8. The van der Waals surface area contributed by atoms with Crippen LogP contribution in [0.2, 0.25) is 0 Å². The topological polar surface area (TPSA) is 27.5 Å². The van der Waals surface area contributed by atoms with E-state index in [1.54, 1.807) is 6.08 Å². The van der Waals surface area contributed by atoms with Crippen molar-refractivity contribution in [3.8, 4) is 0 Å². The summed E-state index contributed by atoms with van der Waals surface area (Å²) in [6.45, 7) is 6.93. The molecule has 2 heteroatoms. The van der Waals surface area contributed by atoms with E-state index in [1.807, 2.05) is 0 Å². The van der Waals surface area contributed by atoms with Crippen molar-refractivity contribution in [1.82, 2.24) is 0 Å². The molecule has 0 aliphatic rings. The highest BCUT2D eigenvalue weighted by Gasteiger charge is 1.91. The van der Waals surface area contributed by atoms with Gasteiger partial charge in [0.15, 0.2) is 0 Å². The molecule has 0 fully saturated rings. The lowest BCUT2D eigenvalue weighted by Crippen LogP contribution is -3.06. The van der Waals surface area contributed by atoms with Gasteiger partial charge in [-0.05, 0) is 18.9 Å². The van der Waals surface area contributed by atoms with E-state index >= 15 is 0 Å². The van der Waals surface area contributed by atoms with E-state index in [1.165, 1.54) is 12.8 Å². The predicted octanol–water partition coefficient (Wildman–Crippen LogP) is 0.745. The number of hydrogen-bond donors (Lipinski definition) is 1. The first-order valence-corrected chi connectivity index (χ1v) is 3.93. The van der Waals surface area contributed by atoms with Gasteiger partial charge in [-0.2, -0.15) is 0 Å². The summed E-state index contributed by atoms with van der Waals surface area (Å²) in [5.74, 6) is 0. The van der Waals surface area contributed by atoms with Gasteiger partial charge in [0.05, 0.1) is 13.1 Å². The normalized spacial score (nSPS) is 13.0. The lowest BCUT2D eigenvalue weighted by molar-refractivity contribution is -0.841. The largest absolute Gasteiger partial charge is 0.634 e. The van der Waals surface area contributed by atoms with Gasteiger partial charge in [-0.15, -0.1) is 0 Å². The Balaban J connectivity index is 3.04. The minimum Gasteiger partial charge on any atom is -0.634 e. The van der Waals surface area contributed by atoms with Crippen LogP contribution >= 0.6 is 0 Å². The van der Waals surface area contributed by atoms with Crippen molar-refractivity contribution in [2.75, 3.05) is 13.1 Å². The van der Waals surface area contributed by atoms with E-state index in [0.717, 1.165) is 13.0 Å². The molecule has 2 nitrogen and oxygen atoms in total.